The summed E-state index contributed by atoms with van der Waals surface area (Å²) in [6.45, 7) is 7.87. The van der Waals surface area contributed by atoms with Crippen molar-refractivity contribution >= 4 is 17.8 Å². The van der Waals surface area contributed by atoms with Gasteiger partial charge in [-0.25, -0.2) is 4.79 Å². The van der Waals surface area contributed by atoms with Crippen molar-refractivity contribution in [2.24, 2.45) is 0 Å². The maximum atomic E-state index is 12.4. The number of nitrogens with zero attached hydrogens (tertiary/aromatic N) is 2. The van der Waals surface area contributed by atoms with Crippen molar-refractivity contribution in [3.63, 3.8) is 0 Å². The van der Waals surface area contributed by atoms with E-state index in [0.29, 0.717) is 38.3 Å². The lowest BCUT2D eigenvalue weighted by Crippen LogP contribution is -2.50. The normalized spacial score (nSPS) is 14.4. The molecule has 1 heterocycles. The highest BCUT2D eigenvalue weighted by Crippen LogP contribution is 2.15. The summed E-state index contributed by atoms with van der Waals surface area (Å²) in [7, 11) is 0. The van der Waals surface area contributed by atoms with Gasteiger partial charge in [0.25, 0.3) is 0 Å². The molecule has 1 fully saturated rings. The Morgan fingerprint density at radius 2 is 1.64 bits per heavy atom. The molecule has 2 amide bonds. The fourth-order valence-electron chi connectivity index (χ4n) is 2.90. The maximum Gasteiger partial charge on any atom is 0.409 e. The van der Waals surface area contributed by atoms with Gasteiger partial charge in [0, 0.05) is 44.6 Å². The molecule has 6 heteroatoms. The van der Waals surface area contributed by atoms with Crippen LogP contribution in [0, 0.1) is 13.8 Å². The first-order chi connectivity index (χ1) is 11.9. The molecular weight excluding hydrogens is 320 g/mol. The fourth-order valence-corrected chi connectivity index (χ4v) is 2.90. The van der Waals surface area contributed by atoms with Gasteiger partial charge in [-0.2, -0.15) is 0 Å². The van der Waals surface area contributed by atoms with Crippen LogP contribution in [-0.4, -0.2) is 60.4 Å². The summed E-state index contributed by atoms with van der Waals surface area (Å²) in [4.78, 5) is 39.7. The molecule has 6 nitrogen and oxygen atoms in total. The number of carbonyl (C=O) groups excluding carboxylic acids is 3. The molecule has 1 aromatic rings. The lowest BCUT2D eigenvalue weighted by atomic mass is 9.99. The number of Topliss-reactive ketones (excluding diaryl/α,β-unsaturated/α-hetero) is 1. The van der Waals surface area contributed by atoms with Gasteiger partial charge in [-0.15, -0.1) is 0 Å². The minimum absolute atomic E-state index is 0.000269. The highest BCUT2D eigenvalue weighted by Gasteiger charge is 2.25. The van der Waals surface area contributed by atoms with E-state index in [9.17, 15) is 14.4 Å². The zero-order valence-electron chi connectivity index (χ0n) is 15.2. The Bertz CT molecular complexity index is 649. The van der Waals surface area contributed by atoms with Crippen LogP contribution >= 0.6 is 0 Å². The highest BCUT2D eigenvalue weighted by molar-refractivity contribution is 5.99. The number of carbonyl (C=O) groups is 3. The van der Waals surface area contributed by atoms with Crippen molar-refractivity contribution in [2.75, 3.05) is 32.8 Å². The van der Waals surface area contributed by atoms with E-state index < -0.39 is 0 Å². The molecule has 0 spiro atoms. The van der Waals surface area contributed by atoms with Gasteiger partial charge in [-0.1, -0.05) is 17.7 Å². The number of piperazine rings is 1. The number of hydrogen-bond donors (Lipinski definition) is 0. The summed E-state index contributed by atoms with van der Waals surface area (Å²) in [6, 6.07) is 5.78. The molecule has 0 N–H and O–H groups in total. The van der Waals surface area contributed by atoms with Gasteiger partial charge in [-0.05, 0) is 32.4 Å². The molecule has 136 valence electrons. The van der Waals surface area contributed by atoms with Gasteiger partial charge in [0.05, 0.1) is 6.61 Å². The van der Waals surface area contributed by atoms with Crippen LogP contribution in [0.5, 0.6) is 0 Å². The number of ketones is 1. The van der Waals surface area contributed by atoms with E-state index in [1.165, 1.54) is 0 Å². The Balaban J connectivity index is 1.82. The van der Waals surface area contributed by atoms with E-state index in [4.69, 9.17) is 4.74 Å². The van der Waals surface area contributed by atoms with E-state index in [-0.39, 0.29) is 30.6 Å². The van der Waals surface area contributed by atoms with E-state index in [0.717, 1.165) is 11.1 Å². The van der Waals surface area contributed by atoms with Crippen LogP contribution in [0.3, 0.4) is 0 Å². The second-order valence-electron chi connectivity index (χ2n) is 6.31. The molecule has 2 rings (SSSR count). The predicted octanol–water partition coefficient (Wildman–Crippen LogP) is 2.57. The summed E-state index contributed by atoms with van der Waals surface area (Å²) < 4.78 is 4.96. The van der Waals surface area contributed by atoms with E-state index in [1.54, 1.807) is 16.7 Å². The Labute approximate surface area is 148 Å². The van der Waals surface area contributed by atoms with E-state index in [2.05, 4.69) is 0 Å². The van der Waals surface area contributed by atoms with Crippen LogP contribution in [0.4, 0.5) is 4.79 Å². The SMILES string of the molecule is CCOC(=O)N1CCN(C(=O)CCC(=O)c2cc(C)ccc2C)CC1. The molecule has 1 aliphatic rings. The average molecular weight is 346 g/mol. The lowest BCUT2D eigenvalue weighted by Gasteiger charge is -2.34. The van der Waals surface area contributed by atoms with Crippen molar-refractivity contribution in [2.45, 2.75) is 33.6 Å². The molecule has 0 atom stereocenters. The van der Waals surface area contributed by atoms with Gasteiger partial charge in [0.15, 0.2) is 5.78 Å². The first kappa shape index (κ1) is 19.0. The van der Waals surface area contributed by atoms with Gasteiger partial charge in [-0.3, -0.25) is 9.59 Å². The molecule has 1 aliphatic heterocycles. The Hall–Kier alpha value is -2.37. The van der Waals surface area contributed by atoms with Gasteiger partial charge in [0.1, 0.15) is 0 Å². The standard InChI is InChI=1S/C19H26N2O4/c1-4-25-19(24)21-11-9-20(10-12-21)18(23)8-7-17(22)16-13-14(2)5-6-15(16)3/h5-6,13H,4,7-12H2,1-3H3. The van der Waals surface area contributed by atoms with Crippen molar-refractivity contribution in [1.29, 1.82) is 0 Å². The van der Waals surface area contributed by atoms with Crippen molar-refractivity contribution in [3.05, 3.63) is 34.9 Å². The average Bonchev–Trinajstić information content (AvgIpc) is 2.61. The summed E-state index contributed by atoms with van der Waals surface area (Å²) in [6.07, 6.45) is 0.0760. The summed E-state index contributed by atoms with van der Waals surface area (Å²) in [5.41, 5.74) is 2.67. The number of rotatable bonds is 5. The first-order valence-corrected chi connectivity index (χ1v) is 8.72. The van der Waals surface area contributed by atoms with Crippen LogP contribution < -0.4 is 0 Å². The quantitative estimate of drug-likeness (QED) is 0.769. The predicted molar refractivity (Wildman–Crippen MR) is 94.7 cm³/mol. The molecule has 0 saturated carbocycles. The molecule has 1 aromatic carbocycles. The Morgan fingerprint density at radius 3 is 2.28 bits per heavy atom. The highest BCUT2D eigenvalue weighted by atomic mass is 16.6. The topological polar surface area (TPSA) is 66.9 Å². The zero-order chi connectivity index (χ0) is 18.4. The van der Waals surface area contributed by atoms with E-state index in [1.807, 2.05) is 32.0 Å². The summed E-state index contributed by atoms with van der Waals surface area (Å²) in [5.74, 6) is -0.0399. The number of aryl methyl sites for hydroxylation is 2. The molecule has 0 aromatic heterocycles. The third-order valence-electron chi connectivity index (χ3n) is 4.42. The number of amides is 2. The monoisotopic (exact) mass is 346 g/mol. The largest absolute Gasteiger partial charge is 0.450 e. The number of ether oxygens (including phenoxy) is 1. The smallest absolute Gasteiger partial charge is 0.409 e. The van der Waals surface area contributed by atoms with Crippen LogP contribution in [0.2, 0.25) is 0 Å². The second-order valence-corrected chi connectivity index (χ2v) is 6.31. The van der Waals surface area contributed by atoms with Crippen molar-refractivity contribution < 1.29 is 19.1 Å². The van der Waals surface area contributed by atoms with Gasteiger partial charge < -0.3 is 14.5 Å². The third-order valence-corrected chi connectivity index (χ3v) is 4.42. The molecular formula is C19H26N2O4. The first-order valence-electron chi connectivity index (χ1n) is 8.72. The fraction of sp³-hybridized carbons (Fsp3) is 0.526. The van der Waals surface area contributed by atoms with E-state index >= 15 is 0 Å². The minimum Gasteiger partial charge on any atom is -0.450 e. The molecule has 0 aliphatic carbocycles. The van der Waals surface area contributed by atoms with Crippen LogP contribution in [0.25, 0.3) is 0 Å². The van der Waals surface area contributed by atoms with Gasteiger partial charge >= 0.3 is 6.09 Å². The lowest BCUT2D eigenvalue weighted by molar-refractivity contribution is -0.132. The van der Waals surface area contributed by atoms with Crippen molar-refractivity contribution in [3.8, 4) is 0 Å². The summed E-state index contributed by atoms with van der Waals surface area (Å²) in [5, 5.41) is 0. The molecule has 25 heavy (non-hydrogen) atoms. The minimum atomic E-state index is -0.334. The van der Waals surface area contributed by atoms with Gasteiger partial charge in [0.2, 0.25) is 5.91 Å². The van der Waals surface area contributed by atoms with Crippen molar-refractivity contribution in [1.82, 2.24) is 9.80 Å². The molecule has 0 bridgehead atoms. The molecule has 0 radical (unpaired) electrons. The zero-order valence-corrected chi connectivity index (χ0v) is 15.2. The molecule has 0 unspecified atom stereocenters. The molecule has 1 saturated heterocycles. The number of hydrogen-bond acceptors (Lipinski definition) is 4. The van der Waals surface area contributed by atoms with Crippen LogP contribution in [0.1, 0.15) is 41.3 Å². The Morgan fingerprint density at radius 1 is 1.00 bits per heavy atom. The van der Waals surface area contributed by atoms with Crippen LogP contribution in [0.15, 0.2) is 18.2 Å². The summed E-state index contributed by atoms with van der Waals surface area (Å²) >= 11 is 0. The third kappa shape index (κ3) is 5.05. The number of benzene rings is 1. The maximum absolute atomic E-state index is 12.4. The Kier molecular flexibility index (Phi) is 6.56. The van der Waals surface area contributed by atoms with Crippen LogP contribution in [-0.2, 0) is 9.53 Å². The second kappa shape index (κ2) is 8.65.